The molecule has 4 aliphatic rings. The third-order valence-electron chi connectivity index (χ3n) is 7.41. The summed E-state index contributed by atoms with van der Waals surface area (Å²) in [6.07, 6.45) is 15.4. The summed E-state index contributed by atoms with van der Waals surface area (Å²) in [5.74, 6) is 3.70. The Morgan fingerprint density at radius 3 is 2.32 bits per heavy atom. The first-order valence-corrected chi connectivity index (χ1v) is 13.2. The Hall–Kier alpha value is -0.0500. The van der Waals surface area contributed by atoms with Gasteiger partial charge in [0.15, 0.2) is 15.8 Å². The summed E-state index contributed by atoms with van der Waals surface area (Å²) in [4.78, 5) is 4.87. The van der Waals surface area contributed by atoms with Gasteiger partial charge in [0.1, 0.15) is 0 Å². The summed E-state index contributed by atoms with van der Waals surface area (Å²) in [6.45, 7) is 0.639. The number of nitrogens with one attached hydrogen (secondary N) is 2. The fourth-order valence-corrected chi connectivity index (χ4v) is 7.69. The molecule has 4 atom stereocenters. The minimum atomic E-state index is -2.82. The summed E-state index contributed by atoms with van der Waals surface area (Å²) in [5.41, 5.74) is 0. The monoisotopic (exact) mass is 523 g/mol. The fourth-order valence-electron chi connectivity index (χ4n) is 5.84. The van der Waals surface area contributed by atoms with Gasteiger partial charge in [0.25, 0.3) is 0 Å². The van der Waals surface area contributed by atoms with Gasteiger partial charge in [-0.15, -0.1) is 24.0 Å². The van der Waals surface area contributed by atoms with E-state index < -0.39 is 9.84 Å². The molecule has 5 nitrogen and oxygen atoms in total. The van der Waals surface area contributed by atoms with Crippen molar-refractivity contribution in [2.75, 3.05) is 18.1 Å². The summed E-state index contributed by atoms with van der Waals surface area (Å²) in [6, 6.07) is 1.06. The lowest BCUT2D eigenvalue weighted by molar-refractivity contribution is 0.239. The van der Waals surface area contributed by atoms with Gasteiger partial charge in [-0.05, 0) is 56.3 Å². The minimum Gasteiger partial charge on any atom is -0.354 e. The van der Waals surface area contributed by atoms with E-state index in [1.54, 1.807) is 0 Å². The van der Waals surface area contributed by atoms with E-state index in [4.69, 9.17) is 4.99 Å². The van der Waals surface area contributed by atoms with E-state index in [0.29, 0.717) is 30.1 Å². The Kier molecular flexibility index (Phi) is 8.34. The van der Waals surface area contributed by atoms with E-state index in [-0.39, 0.29) is 29.9 Å². The molecule has 2 N–H and O–H groups in total. The number of guanidine groups is 1. The zero-order valence-electron chi connectivity index (χ0n) is 17.1. The quantitative estimate of drug-likeness (QED) is 0.334. The van der Waals surface area contributed by atoms with E-state index >= 15 is 0 Å². The largest absolute Gasteiger partial charge is 0.354 e. The standard InChI is InChI=1S/C21H37N3O2S.HI/c25-27(26)12-11-16(15-27)14-22-21(23-19-7-2-1-3-8-19)24-20-10-9-17-5-4-6-18(17)13-20;/h16-20H,1-15H2,(H2,22,23,24);1H. The molecule has 0 spiro atoms. The van der Waals surface area contributed by atoms with Crippen molar-refractivity contribution in [3.8, 4) is 0 Å². The normalized spacial score (nSPS) is 35.8. The van der Waals surface area contributed by atoms with Gasteiger partial charge in [0.05, 0.1) is 11.5 Å². The predicted octanol–water partition coefficient (Wildman–Crippen LogP) is 3.88. The van der Waals surface area contributed by atoms with Crippen molar-refractivity contribution in [1.29, 1.82) is 0 Å². The number of hydrogen-bond acceptors (Lipinski definition) is 3. The van der Waals surface area contributed by atoms with Gasteiger partial charge in [0, 0.05) is 18.6 Å². The van der Waals surface area contributed by atoms with Crippen LogP contribution in [0.1, 0.15) is 77.0 Å². The van der Waals surface area contributed by atoms with Gasteiger partial charge in [-0.25, -0.2) is 8.42 Å². The van der Waals surface area contributed by atoms with Gasteiger partial charge in [-0.1, -0.05) is 38.5 Å². The molecular weight excluding hydrogens is 485 g/mol. The number of hydrogen-bond donors (Lipinski definition) is 2. The van der Waals surface area contributed by atoms with Crippen molar-refractivity contribution < 1.29 is 8.42 Å². The molecule has 4 fully saturated rings. The number of halogens is 1. The Morgan fingerprint density at radius 2 is 1.57 bits per heavy atom. The predicted molar refractivity (Wildman–Crippen MR) is 126 cm³/mol. The van der Waals surface area contributed by atoms with Gasteiger partial charge in [-0.3, -0.25) is 4.99 Å². The summed E-state index contributed by atoms with van der Waals surface area (Å²) in [7, 11) is -2.82. The molecule has 0 aromatic carbocycles. The highest BCUT2D eigenvalue weighted by Gasteiger charge is 2.34. The second-order valence-corrected chi connectivity index (χ2v) is 11.8. The minimum absolute atomic E-state index is 0. The van der Waals surface area contributed by atoms with Gasteiger partial charge < -0.3 is 10.6 Å². The van der Waals surface area contributed by atoms with Crippen LogP contribution in [0.15, 0.2) is 4.99 Å². The van der Waals surface area contributed by atoms with Crippen molar-refractivity contribution in [3.05, 3.63) is 0 Å². The highest BCUT2D eigenvalue weighted by Crippen LogP contribution is 2.42. The molecule has 7 heteroatoms. The Balaban J connectivity index is 0.00000225. The zero-order chi connectivity index (χ0) is 18.7. The average Bonchev–Trinajstić information content (AvgIpc) is 3.26. The molecule has 4 rings (SSSR count). The van der Waals surface area contributed by atoms with Gasteiger partial charge in [0.2, 0.25) is 0 Å². The molecule has 28 heavy (non-hydrogen) atoms. The molecule has 0 amide bonds. The third kappa shape index (κ3) is 6.22. The van der Waals surface area contributed by atoms with Gasteiger partial charge >= 0.3 is 0 Å². The molecule has 0 aromatic rings. The summed E-state index contributed by atoms with van der Waals surface area (Å²) < 4.78 is 23.5. The fraction of sp³-hybridized carbons (Fsp3) is 0.952. The number of nitrogens with zero attached hydrogens (tertiary/aromatic N) is 1. The van der Waals surface area contributed by atoms with Crippen molar-refractivity contribution in [2.45, 2.75) is 89.1 Å². The highest BCUT2D eigenvalue weighted by atomic mass is 127. The van der Waals surface area contributed by atoms with Crippen LogP contribution in [0, 0.1) is 17.8 Å². The summed E-state index contributed by atoms with van der Waals surface area (Å²) >= 11 is 0. The Morgan fingerprint density at radius 1 is 0.821 bits per heavy atom. The molecule has 162 valence electrons. The molecule has 3 aliphatic carbocycles. The molecule has 3 saturated carbocycles. The molecular formula is C21H38IN3O2S. The molecule has 0 radical (unpaired) electrons. The number of fused-ring (bicyclic) bond motifs is 1. The molecule has 0 bridgehead atoms. The number of sulfone groups is 1. The average molecular weight is 524 g/mol. The van der Waals surface area contributed by atoms with Crippen LogP contribution in [0.5, 0.6) is 0 Å². The smallest absolute Gasteiger partial charge is 0.191 e. The first-order valence-electron chi connectivity index (χ1n) is 11.4. The Labute approximate surface area is 188 Å². The van der Waals surface area contributed by atoms with Crippen LogP contribution in [0.3, 0.4) is 0 Å². The van der Waals surface area contributed by atoms with Crippen molar-refractivity contribution in [2.24, 2.45) is 22.7 Å². The van der Waals surface area contributed by atoms with E-state index in [1.807, 2.05) is 0 Å². The van der Waals surface area contributed by atoms with E-state index in [9.17, 15) is 8.42 Å². The van der Waals surface area contributed by atoms with Crippen LogP contribution < -0.4 is 10.6 Å². The lowest BCUT2D eigenvalue weighted by Crippen LogP contribution is -2.49. The van der Waals surface area contributed by atoms with Crippen molar-refractivity contribution in [1.82, 2.24) is 10.6 Å². The zero-order valence-corrected chi connectivity index (χ0v) is 20.2. The number of rotatable bonds is 4. The van der Waals surface area contributed by atoms with Crippen LogP contribution >= 0.6 is 24.0 Å². The lowest BCUT2D eigenvalue weighted by Gasteiger charge is -2.34. The van der Waals surface area contributed by atoms with Crippen molar-refractivity contribution in [3.63, 3.8) is 0 Å². The SMILES string of the molecule is I.O=S1(=O)CCC(CN=C(NC2CCCCC2)NC2CCC3CCCC3C2)C1. The van der Waals surface area contributed by atoms with Crippen LogP contribution in [-0.4, -0.2) is 44.5 Å². The highest BCUT2D eigenvalue weighted by molar-refractivity contribution is 14.0. The second-order valence-electron chi connectivity index (χ2n) is 9.54. The third-order valence-corrected chi connectivity index (χ3v) is 9.25. The second kappa shape index (κ2) is 10.3. The molecule has 0 aromatic heterocycles. The van der Waals surface area contributed by atoms with Crippen LogP contribution in [0.4, 0.5) is 0 Å². The van der Waals surface area contributed by atoms with Crippen LogP contribution in [0.2, 0.25) is 0 Å². The van der Waals surface area contributed by atoms with Gasteiger partial charge in [-0.2, -0.15) is 0 Å². The molecule has 1 saturated heterocycles. The molecule has 1 heterocycles. The lowest BCUT2D eigenvalue weighted by atomic mass is 9.79. The van der Waals surface area contributed by atoms with E-state index in [2.05, 4.69) is 10.6 Å². The van der Waals surface area contributed by atoms with E-state index in [1.165, 1.54) is 70.6 Å². The number of aliphatic imine (C=N–C) groups is 1. The Bertz CT molecular complexity index is 634. The first kappa shape index (κ1) is 22.6. The van der Waals surface area contributed by atoms with Crippen LogP contribution in [0.25, 0.3) is 0 Å². The maximum atomic E-state index is 11.7. The topological polar surface area (TPSA) is 70.6 Å². The molecule has 4 unspecified atom stereocenters. The molecule has 1 aliphatic heterocycles. The first-order chi connectivity index (χ1) is 13.1. The maximum absolute atomic E-state index is 11.7. The maximum Gasteiger partial charge on any atom is 0.191 e. The van der Waals surface area contributed by atoms with Crippen molar-refractivity contribution >= 4 is 39.8 Å². The van der Waals surface area contributed by atoms with E-state index in [0.717, 1.165) is 24.2 Å². The summed E-state index contributed by atoms with van der Waals surface area (Å²) in [5, 5.41) is 7.45. The van der Waals surface area contributed by atoms with Crippen LogP contribution in [-0.2, 0) is 9.84 Å².